The molecule has 6 heteroatoms. The summed E-state index contributed by atoms with van der Waals surface area (Å²) in [5, 5.41) is 0. The minimum Gasteiger partial charge on any atom is -0.462 e. The Morgan fingerprint density at radius 2 is 0.736 bits per heavy atom. The van der Waals surface area contributed by atoms with E-state index in [2.05, 4.69) is 81.5 Å². The molecule has 0 fully saturated rings. The maximum absolute atomic E-state index is 12.7. The maximum atomic E-state index is 12.7. The molecule has 1 unspecified atom stereocenters. The lowest BCUT2D eigenvalue weighted by Gasteiger charge is -2.18. The quantitative estimate of drug-likeness (QED) is 0.0271. The summed E-state index contributed by atoms with van der Waals surface area (Å²) in [6, 6.07) is 0. The zero-order chi connectivity index (χ0) is 38.7. The number of carbonyl (C=O) groups is 3. The highest BCUT2D eigenvalue weighted by Crippen LogP contribution is 2.12. The standard InChI is InChI=1S/C47H80O6/c1-4-7-10-13-16-19-22-23-26-28-31-34-37-40-46(49)52-43-44(53-47(50)41-38-35-32-29-25-21-18-15-12-9-6-3)42-51-45(48)39-36-33-30-27-24-20-17-14-11-8-5-2/h7,10,14-19,23,26,44H,4-6,8-9,11-13,20-22,24-25,27-43H2,1-3H3/b10-7-,17-14-,18-15-,19-16-,26-23-. The van der Waals surface area contributed by atoms with E-state index in [0.29, 0.717) is 19.3 Å². The molecule has 0 spiro atoms. The second-order valence-corrected chi connectivity index (χ2v) is 14.2. The molecule has 0 aliphatic heterocycles. The normalized spacial score (nSPS) is 12.6. The van der Waals surface area contributed by atoms with Crippen LogP contribution in [0.3, 0.4) is 0 Å². The number of allylic oxidation sites excluding steroid dienone is 10. The molecule has 0 N–H and O–H groups in total. The van der Waals surface area contributed by atoms with E-state index in [1.807, 2.05) is 0 Å². The highest BCUT2D eigenvalue weighted by Gasteiger charge is 2.19. The van der Waals surface area contributed by atoms with Gasteiger partial charge < -0.3 is 14.2 Å². The largest absolute Gasteiger partial charge is 0.462 e. The Bertz CT molecular complexity index is 991. The Morgan fingerprint density at radius 3 is 1.19 bits per heavy atom. The summed E-state index contributed by atoms with van der Waals surface area (Å²) in [5.74, 6) is -0.949. The van der Waals surface area contributed by atoms with E-state index < -0.39 is 6.10 Å². The Kier molecular flexibility index (Phi) is 39.6. The molecule has 0 aliphatic carbocycles. The first kappa shape index (κ1) is 50.1. The van der Waals surface area contributed by atoms with Gasteiger partial charge in [-0.15, -0.1) is 0 Å². The van der Waals surface area contributed by atoms with Crippen molar-refractivity contribution in [2.24, 2.45) is 0 Å². The maximum Gasteiger partial charge on any atom is 0.306 e. The second-order valence-electron chi connectivity index (χ2n) is 14.2. The van der Waals surface area contributed by atoms with Crippen LogP contribution in [0.25, 0.3) is 0 Å². The molecule has 1 atom stereocenters. The molecule has 53 heavy (non-hydrogen) atoms. The summed E-state index contributed by atoms with van der Waals surface area (Å²) >= 11 is 0. The van der Waals surface area contributed by atoms with Gasteiger partial charge in [-0.25, -0.2) is 0 Å². The molecular formula is C47H80O6. The molecule has 0 radical (unpaired) electrons. The third kappa shape index (κ3) is 40.1. The van der Waals surface area contributed by atoms with Crippen LogP contribution in [-0.2, 0) is 28.6 Å². The van der Waals surface area contributed by atoms with Gasteiger partial charge in [0.2, 0.25) is 0 Å². The van der Waals surface area contributed by atoms with E-state index in [1.165, 1.54) is 57.8 Å². The van der Waals surface area contributed by atoms with Crippen molar-refractivity contribution in [1.82, 2.24) is 0 Å². The van der Waals surface area contributed by atoms with Gasteiger partial charge in [0.25, 0.3) is 0 Å². The van der Waals surface area contributed by atoms with Gasteiger partial charge in [-0.3, -0.25) is 14.4 Å². The fourth-order valence-corrected chi connectivity index (χ4v) is 5.65. The van der Waals surface area contributed by atoms with Crippen molar-refractivity contribution in [3.63, 3.8) is 0 Å². The van der Waals surface area contributed by atoms with E-state index in [9.17, 15) is 14.4 Å². The molecule has 0 aromatic heterocycles. The zero-order valence-electron chi connectivity index (χ0n) is 34.5. The van der Waals surface area contributed by atoms with Crippen LogP contribution >= 0.6 is 0 Å². The van der Waals surface area contributed by atoms with Gasteiger partial charge in [-0.1, -0.05) is 152 Å². The van der Waals surface area contributed by atoms with E-state index in [-0.39, 0.29) is 31.1 Å². The van der Waals surface area contributed by atoms with Gasteiger partial charge in [0.1, 0.15) is 13.2 Å². The lowest BCUT2D eigenvalue weighted by molar-refractivity contribution is -0.167. The van der Waals surface area contributed by atoms with Crippen LogP contribution in [0.4, 0.5) is 0 Å². The van der Waals surface area contributed by atoms with Crippen LogP contribution in [0.5, 0.6) is 0 Å². The molecule has 0 saturated carbocycles. The van der Waals surface area contributed by atoms with Crippen molar-refractivity contribution in [3.05, 3.63) is 60.8 Å². The van der Waals surface area contributed by atoms with Crippen LogP contribution in [0.15, 0.2) is 60.8 Å². The van der Waals surface area contributed by atoms with Crippen molar-refractivity contribution in [3.8, 4) is 0 Å². The summed E-state index contributed by atoms with van der Waals surface area (Å²) in [4.78, 5) is 37.6. The number of hydrogen-bond donors (Lipinski definition) is 0. The highest BCUT2D eigenvalue weighted by molar-refractivity contribution is 5.71. The summed E-state index contributed by atoms with van der Waals surface area (Å²) < 4.78 is 16.6. The molecule has 0 saturated heterocycles. The average molecular weight is 741 g/mol. The van der Waals surface area contributed by atoms with Crippen molar-refractivity contribution >= 4 is 17.9 Å². The Morgan fingerprint density at radius 1 is 0.396 bits per heavy atom. The van der Waals surface area contributed by atoms with Crippen molar-refractivity contribution < 1.29 is 28.6 Å². The van der Waals surface area contributed by atoms with E-state index in [4.69, 9.17) is 14.2 Å². The molecular weight excluding hydrogens is 661 g/mol. The fourth-order valence-electron chi connectivity index (χ4n) is 5.65. The molecule has 0 aliphatic rings. The molecule has 0 rings (SSSR count). The third-order valence-corrected chi connectivity index (χ3v) is 8.98. The van der Waals surface area contributed by atoms with Crippen molar-refractivity contribution in [1.29, 1.82) is 0 Å². The van der Waals surface area contributed by atoms with E-state index in [0.717, 1.165) is 103 Å². The summed E-state index contributed by atoms with van der Waals surface area (Å²) in [6.07, 6.45) is 49.2. The van der Waals surface area contributed by atoms with Gasteiger partial charge in [-0.05, 0) is 89.9 Å². The zero-order valence-corrected chi connectivity index (χ0v) is 34.5. The average Bonchev–Trinajstić information content (AvgIpc) is 3.15. The molecule has 0 heterocycles. The fraction of sp³-hybridized carbons (Fsp3) is 0.723. The smallest absolute Gasteiger partial charge is 0.306 e. The molecule has 0 aromatic carbocycles. The summed E-state index contributed by atoms with van der Waals surface area (Å²) in [7, 11) is 0. The predicted molar refractivity (Wildman–Crippen MR) is 224 cm³/mol. The monoisotopic (exact) mass is 741 g/mol. The molecule has 304 valence electrons. The topological polar surface area (TPSA) is 78.9 Å². The molecule has 0 aromatic rings. The number of rotatable bonds is 38. The minimum atomic E-state index is -0.790. The number of hydrogen-bond acceptors (Lipinski definition) is 6. The van der Waals surface area contributed by atoms with Crippen LogP contribution in [0, 0.1) is 0 Å². The number of ether oxygens (including phenoxy) is 3. The lowest BCUT2D eigenvalue weighted by atomic mass is 10.1. The van der Waals surface area contributed by atoms with Crippen LogP contribution in [0.2, 0.25) is 0 Å². The highest BCUT2D eigenvalue weighted by atomic mass is 16.6. The van der Waals surface area contributed by atoms with Gasteiger partial charge in [0, 0.05) is 19.3 Å². The van der Waals surface area contributed by atoms with Crippen molar-refractivity contribution in [2.75, 3.05) is 13.2 Å². The Labute approximate surface area is 326 Å². The van der Waals surface area contributed by atoms with E-state index in [1.54, 1.807) is 0 Å². The Hall–Kier alpha value is -2.89. The van der Waals surface area contributed by atoms with Crippen LogP contribution < -0.4 is 0 Å². The number of esters is 3. The molecule has 0 bridgehead atoms. The molecule has 0 amide bonds. The van der Waals surface area contributed by atoms with Crippen molar-refractivity contribution in [2.45, 2.75) is 207 Å². The summed E-state index contributed by atoms with van der Waals surface area (Å²) in [5.41, 5.74) is 0. The van der Waals surface area contributed by atoms with Gasteiger partial charge in [0.05, 0.1) is 0 Å². The van der Waals surface area contributed by atoms with Crippen LogP contribution in [0.1, 0.15) is 201 Å². The predicted octanol–water partition coefficient (Wildman–Crippen LogP) is 13.7. The van der Waals surface area contributed by atoms with Gasteiger partial charge in [-0.2, -0.15) is 0 Å². The summed E-state index contributed by atoms with van der Waals surface area (Å²) in [6.45, 7) is 6.38. The molecule has 6 nitrogen and oxygen atoms in total. The first-order valence-electron chi connectivity index (χ1n) is 21.8. The van der Waals surface area contributed by atoms with Gasteiger partial charge in [0.15, 0.2) is 6.10 Å². The first-order chi connectivity index (χ1) is 26.0. The number of carbonyl (C=O) groups excluding carboxylic acids is 3. The Balaban J connectivity index is 4.45. The second kappa shape index (κ2) is 41.9. The number of unbranched alkanes of at least 4 members (excludes halogenated alkanes) is 17. The first-order valence-corrected chi connectivity index (χ1v) is 21.8. The van der Waals surface area contributed by atoms with E-state index >= 15 is 0 Å². The lowest BCUT2D eigenvalue weighted by Crippen LogP contribution is -2.30. The van der Waals surface area contributed by atoms with Crippen LogP contribution in [-0.4, -0.2) is 37.2 Å². The third-order valence-electron chi connectivity index (χ3n) is 8.98. The SMILES string of the molecule is CC/C=C\C/C=C\C/C=C\CCCCCC(=O)OCC(COC(=O)CCCCCCC/C=C\CCCC)OC(=O)CCCCCCC/C=C\CCCC. The van der Waals surface area contributed by atoms with Gasteiger partial charge >= 0.3 is 17.9 Å². The minimum absolute atomic E-state index is 0.0923.